The molecule has 0 amide bonds. The highest BCUT2D eigenvalue weighted by Gasteiger charge is 2.30. The summed E-state index contributed by atoms with van der Waals surface area (Å²) in [5.74, 6) is -0.827. The summed E-state index contributed by atoms with van der Waals surface area (Å²) < 4.78 is 5.16. The van der Waals surface area contributed by atoms with Gasteiger partial charge in [-0.1, -0.05) is 18.2 Å². The molecule has 1 aromatic rings. The Balaban J connectivity index is 2.45. The number of carboxylic acid groups (broad SMARTS) is 1. The molecule has 0 saturated carbocycles. The Morgan fingerprint density at radius 2 is 2.35 bits per heavy atom. The van der Waals surface area contributed by atoms with E-state index >= 15 is 0 Å². The fraction of sp³-hybridized carbons (Fsp3) is 0.462. The van der Waals surface area contributed by atoms with Gasteiger partial charge in [0.25, 0.3) is 0 Å². The number of benzene rings is 1. The molecule has 0 aliphatic carbocycles. The molecule has 17 heavy (non-hydrogen) atoms. The molecule has 4 nitrogen and oxygen atoms in total. The number of hydrogen-bond donors (Lipinski definition) is 2. The molecular formula is C13H17NO3. The molecule has 2 N–H and O–H groups in total. The Morgan fingerprint density at radius 3 is 3.00 bits per heavy atom. The van der Waals surface area contributed by atoms with Gasteiger partial charge in [-0.2, -0.15) is 0 Å². The SMILES string of the molecule is COCc1cccc2c1CC(C)NC2C(=O)O. The van der Waals surface area contributed by atoms with E-state index in [1.54, 1.807) is 7.11 Å². The molecule has 1 aliphatic heterocycles. The van der Waals surface area contributed by atoms with Crippen LogP contribution in [0.3, 0.4) is 0 Å². The summed E-state index contributed by atoms with van der Waals surface area (Å²) in [6.07, 6.45) is 0.846. The van der Waals surface area contributed by atoms with E-state index in [9.17, 15) is 9.90 Å². The van der Waals surface area contributed by atoms with E-state index in [0.717, 1.165) is 23.1 Å². The summed E-state index contributed by atoms with van der Waals surface area (Å²) in [4.78, 5) is 11.2. The Kier molecular flexibility index (Phi) is 3.45. The number of fused-ring (bicyclic) bond motifs is 1. The van der Waals surface area contributed by atoms with Gasteiger partial charge in [0.2, 0.25) is 0 Å². The molecule has 2 atom stereocenters. The molecule has 1 aliphatic rings. The first-order valence-electron chi connectivity index (χ1n) is 5.72. The minimum atomic E-state index is -0.827. The summed E-state index contributed by atoms with van der Waals surface area (Å²) in [5, 5.41) is 12.3. The van der Waals surface area contributed by atoms with Crippen molar-refractivity contribution in [3.8, 4) is 0 Å². The zero-order chi connectivity index (χ0) is 12.4. The van der Waals surface area contributed by atoms with Crippen LogP contribution < -0.4 is 5.32 Å². The van der Waals surface area contributed by atoms with Crippen LogP contribution in [0.15, 0.2) is 18.2 Å². The number of rotatable bonds is 3. The molecule has 0 bridgehead atoms. The predicted octanol–water partition coefficient (Wildman–Crippen LogP) is 1.49. The van der Waals surface area contributed by atoms with E-state index in [4.69, 9.17) is 4.74 Å². The molecule has 0 aromatic heterocycles. The maximum absolute atomic E-state index is 11.2. The summed E-state index contributed by atoms with van der Waals surface area (Å²) in [6.45, 7) is 2.53. The van der Waals surface area contributed by atoms with Crippen molar-refractivity contribution in [2.75, 3.05) is 7.11 Å². The van der Waals surface area contributed by atoms with Crippen molar-refractivity contribution < 1.29 is 14.6 Å². The fourth-order valence-electron chi connectivity index (χ4n) is 2.41. The lowest BCUT2D eigenvalue weighted by molar-refractivity contribution is -0.140. The van der Waals surface area contributed by atoms with Crippen molar-refractivity contribution in [2.24, 2.45) is 0 Å². The van der Waals surface area contributed by atoms with Gasteiger partial charge in [-0.05, 0) is 30.0 Å². The third-order valence-corrected chi connectivity index (χ3v) is 3.13. The van der Waals surface area contributed by atoms with Crippen molar-refractivity contribution in [1.82, 2.24) is 5.32 Å². The lowest BCUT2D eigenvalue weighted by atomic mass is 9.87. The van der Waals surface area contributed by atoms with Crippen molar-refractivity contribution in [1.29, 1.82) is 0 Å². The van der Waals surface area contributed by atoms with E-state index in [1.807, 2.05) is 25.1 Å². The van der Waals surface area contributed by atoms with Crippen molar-refractivity contribution in [3.05, 3.63) is 34.9 Å². The van der Waals surface area contributed by atoms with E-state index in [1.165, 1.54) is 0 Å². The number of carbonyl (C=O) groups is 1. The zero-order valence-electron chi connectivity index (χ0n) is 10.1. The zero-order valence-corrected chi connectivity index (χ0v) is 10.1. The third-order valence-electron chi connectivity index (χ3n) is 3.13. The van der Waals surface area contributed by atoms with Gasteiger partial charge >= 0.3 is 5.97 Å². The van der Waals surface area contributed by atoms with Crippen LogP contribution in [0.4, 0.5) is 0 Å². The summed E-state index contributed by atoms with van der Waals surface area (Å²) in [7, 11) is 1.65. The highest BCUT2D eigenvalue weighted by Crippen LogP contribution is 2.28. The first kappa shape index (κ1) is 12.1. The van der Waals surface area contributed by atoms with Crippen LogP contribution >= 0.6 is 0 Å². The molecular weight excluding hydrogens is 218 g/mol. The second-order valence-corrected chi connectivity index (χ2v) is 4.46. The second-order valence-electron chi connectivity index (χ2n) is 4.46. The van der Waals surface area contributed by atoms with Crippen LogP contribution in [0.5, 0.6) is 0 Å². The van der Waals surface area contributed by atoms with Crippen LogP contribution in [0, 0.1) is 0 Å². The lowest BCUT2D eigenvalue weighted by Crippen LogP contribution is -2.41. The van der Waals surface area contributed by atoms with Gasteiger partial charge in [-0.15, -0.1) is 0 Å². The fourth-order valence-corrected chi connectivity index (χ4v) is 2.41. The molecule has 92 valence electrons. The molecule has 0 fully saturated rings. The highest BCUT2D eigenvalue weighted by molar-refractivity contribution is 5.77. The monoisotopic (exact) mass is 235 g/mol. The number of nitrogens with one attached hydrogen (secondary N) is 1. The molecule has 0 radical (unpaired) electrons. The molecule has 2 unspecified atom stereocenters. The van der Waals surface area contributed by atoms with Crippen LogP contribution in [-0.4, -0.2) is 24.2 Å². The number of carboxylic acids is 1. The standard InChI is InChI=1S/C13H17NO3/c1-8-6-11-9(7-17-2)4-3-5-10(11)12(14-8)13(15)16/h3-5,8,12,14H,6-7H2,1-2H3,(H,15,16). The molecule has 0 spiro atoms. The molecule has 0 saturated heterocycles. The Labute approximate surface area is 101 Å². The van der Waals surface area contributed by atoms with Crippen LogP contribution in [0.25, 0.3) is 0 Å². The normalized spacial score (nSPS) is 23.2. The van der Waals surface area contributed by atoms with Gasteiger partial charge in [-0.25, -0.2) is 0 Å². The topological polar surface area (TPSA) is 58.6 Å². The van der Waals surface area contributed by atoms with E-state index in [2.05, 4.69) is 5.32 Å². The molecule has 4 heteroatoms. The predicted molar refractivity (Wildman–Crippen MR) is 63.8 cm³/mol. The summed E-state index contributed by atoms with van der Waals surface area (Å²) in [6, 6.07) is 5.33. The van der Waals surface area contributed by atoms with Crippen LogP contribution in [0.1, 0.15) is 29.7 Å². The first-order chi connectivity index (χ1) is 8.13. The highest BCUT2D eigenvalue weighted by atomic mass is 16.5. The minimum Gasteiger partial charge on any atom is -0.480 e. The Morgan fingerprint density at radius 1 is 1.59 bits per heavy atom. The van der Waals surface area contributed by atoms with Crippen molar-refractivity contribution in [2.45, 2.75) is 32.0 Å². The van der Waals surface area contributed by atoms with E-state index < -0.39 is 12.0 Å². The summed E-state index contributed by atoms with van der Waals surface area (Å²) in [5.41, 5.74) is 3.07. The average molecular weight is 235 g/mol. The van der Waals surface area contributed by atoms with Gasteiger partial charge in [0, 0.05) is 13.2 Å². The summed E-state index contributed by atoms with van der Waals surface area (Å²) >= 11 is 0. The van der Waals surface area contributed by atoms with Crippen molar-refractivity contribution >= 4 is 5.97 Å². The number of ether oxygens (including phenoxy) is 1. The largest absolute Gasteiger partial charge is 0.480 e. The van der Waals surface area contributed by atoms with Crippen LogP contribution in [0.2, 0.25) is 0 Å². The number of aliphatic carboxylic acids is 1. The molecule has 1 aromatic carbocycles. The minimum absolute atomic E-state index is 0.168. The van der Waals surface area contributed by atoms with Gasteiger partial charge in [-0.3, -0.25) is 10.1 Å². The quantitative estimate of drug-likeness (QED) is 0.833. The van der Waals surface area contributed by atoms with Crippen LogP contribution in [-0.2, 0) is 22.6 Å². The van der Waals surface area contributed by atoms with Crippen molar-refractivity contribution in [3.63, 3.8) is 0 Å². The maximum Gasteiger partial charge on any atom is 0.325 e. The first-order valence-corrected chi connectivity index (χ1v) is 5.72. The molecule has 1 heterocycles. The Hall–Kier alpha value is -1.39. The van der Waals surface area contributed by atoms with Gasteiger partial charge in [0.1, 0.15) is 6.04 Å². The van der Waals surface area contributed by atoms with Gasteiger partial charge < -0.3 is 9.84 Å². The van der Waals surface area contributed by atoms with E-state index in [-0.39, 0.29) is 6.04 Å². The Bertz CT molecular complexity index is 431. The lowest BCUT2D eigenvalue weighted by Gasteiger charge is -2.30. The second kappa shape index (κ2) is 4.85. The smallest absolute Gasteiger partial charge is 0.325 e. The number of methoxy groups -OCH3 is 1. The van der Waals surface area contributed by atoms with Gasteiger partial charge in [0.15, 0.2) is 0 Å². The van der Waals surface area contributed by atoms with Gasteiger partial charge in [0.05, 0.1) is 6.61 Å². The average Bonchev–Trinajstić information content (AvgIpc) is 2.29. The number of hydrogen-bond acceptors (Lipinski definition) is 3. The molecule has 2 rings (SSSR count). The van der Waals surface area contributed by atoms with E-state index in [0.29, 0.717) is 6.61 Å². The maximum atomic E-state index is 11.2. The third kappa shape index (κ3) is 2.33.